The molecule has 4 rings (SSSR count). The van der Waals surface area contributed by atoms with Crippen LogP contribution in [0.15, 0.2) is 97.1 Å². The van der Waals surface area contributed by atoms with Crippen molar-refractivity contribution in [2.24, 2.45) is 0 Å². The molecule has 1 N–H and O–H groups in total. The Kier molecular flexibility index (Phi) is 4.63. The van der Waals surface area contributed by atoms with E-state index in [1.807, 2.05) is 72.8 Å². The van der Waals surface area contributed by atoms with Crippen molar-refractivity contribution in [1.29, 1.82) is 0 Å². The summed E-state index contributed by atoms with van der Waals surface area (Å²) in [7, 11) is 1.66. The minimum Gasteiger partial charge on any atom is -0.507 e. The number of hydrogen-bond donors (Lipinski definition) is 1. The molecule has 27 heavy (non-hydrogen) atoms. The first-order chi connectivity index (χ1) is 13.3. The number of rotatable bonds is 4. The van der Waals surface area contributed by atoms with Crippen LogP contribution in [0.2, 0.25) is 0 Å². The average Bonchev–Trinajstić information content (AvgIpc) is 2.74. The Morgan fingerprint density at radius 1 is 0.556 bits per heavy atom. The van der Waals surface area contributed by atoms with Crippen LogP contribution in [0.1, 0.15) is 0 Å². The molecule has 0 spiro atoms. The summed E-state index contributed by atoms with van der Waals surface area (Å²) >= 11 is 0. The molecular weight excluding hydrogens is 332 g/mol. The molecule has 0 fully saturated rings. The molecule has 0 saturated carbocycles. The van der Waals surface area contributed by atoms with Crippen molar-refractivity contribution in [2.45, 2.75) is 0 Å². The Hall–Kier alpha value is -3.52. The largest absolute Gasteiger partial charge is 0.507 e. The van der Waals surface area contributed by atoms with E-state index >= 15 is 0 Å². The van der Waals surface area contributed by atoms with E-state index in [1.54, 1.807) is 13.2 Å². The summed E-state index contributed by atoms with van der Waals surface area (Å²) in [6, 6.07) is 32.0. The molecule has 0 heterocycles. The van der Waals surface area contributed by atoms with Gasteiger partial charge in [-0.25, -0.2) is 0 Å². The van der Waals surface area contributed by atoms with Crippen LogP contribution in [0.25, 0.3) is 33.4 Å². The number of hydrogen-bond acceptors (Lipinski definition) is 2. The lowest BCUT2D eigenvalue weighted by molar-refractivity contribution is 0.416. The van der Waals surface area contributed by atoms with Crippen molar-refractivity contribution < 1.29 is 9.84 Å². The monoisotopic (exact) mass is 352 g/mol. The van der Waals surface area contributed by atoms with Gasteiger partial charge in [-0.3, -0.25) is 0 Å². The predicted octanol–water partition coefficient (Wildman–Crippen LogP) is 6.40. The van der Waals surface area contributed by atoms with Gasteiger partial charge in [-0.1, -0.05) is 72.8 Å². The fourth-order valence-electron chi connectivity index (χ4n) is 3.29. The number of methoxy groups -OCH3 is 1. The molecular formula is C25H20O2. The maximum Gasteiger partial charge on any atom is 0.127 e. The zero-order valence-corrected chi connectivity index (χ0v) is 15.1. The third kappa shape index (κ3) is 3.42. The van der Waals surface area contributed by atoms with E-state index in [0.717, 1.165) is 39.1 Å². The SMILES string of the molecule is COc1cc(-c2ccccc2)ccc1-c1ccc(-c2ccccc2)cc1O. The van der Waals surface area contributed by atoms with Gasteiger partial charge >= 0.3 is 0 Å². The second-order valence-corrected chi connectivity index (χ2v) is 6.38. The van der Waals surface area contributed by atoms with E-state index in [2.05, 4.69) is 18.2 Å². The lowest BCUT2D eigenvalue weighted by atomic mass is 9.96. The Balaban J connectivity index is 1.75. The van der Waals surface area contributed by atoms with E-state index in [9.17, 15) is 5.11 Å². The first-order valence-corrected chi connectivity index (χ1v) is 8.88. The Morgan fingerprint density at radius 3 is 1.59 bits per heavy atom. The van der Waals surface area contributed by atoms with Crippen LogP contribution in [0.4, 0.5) is 0 Å². The smallest absolute Gasteiger partial charge is 0.127 e. The van der Waals surface area contributed by atoms with Crippen molar-refractivity contribution in [3.63, 3.8) is 0 Å². The topological polar surface area (TPSA) is 29.5 Å². The zero-order chi connectivity index (χ0) is 18.6. The van der Waals surface area contributed by atoms with Crippen molar-refractivity contribution in [3.8, 4) is 44.9 Å². The second-order valence-electron chi connectivity index (χ2n) is 6.38. The van der Waals surface area contributed by atoms with Crippen LogP contribution in [-0.4, -0.2) is 12.2 Å². The Morgan fingerprint density at radius 2 is 1.07 bits per heavy atom. The highest BCUT2D eigenvalue weighted by Crippen LogP contribution is 2.39. The van der Waals surface area contributed by atoms with Gasteiger partial charge < -0.3 is 9.84 Å². The number of ether oxygens (including phenoxy) is 1. The number of benzene rings is 4. The van der Waals surface area contributed by atoms with Crippen molar-refractivity contribution in [2.75, 3.05) is 7.11 Å². The third-order valence-corrected chi connectivity index (χ3v) is 4.70. The molecule has 132 valence electrons. The molecule has 2 nitrogen and oxygen atoms in total. The van der Waals surface area contributed by atoms with Gasteiger partial charge in [0.1, 0.15) is 11.5 Å². The molecule has 0 bridgehead atoms. The van der Waals surface area contributed by atoms with Crippen LogP contribution in [0, 0.1) is 0 Å². The first-order valence-electron chi connectivity index (χ1n) is 8.88. The van der Waals surface area contributed by atoms with E-state index in [-0.39, 0.29) is 5.75 Å². The van der Waals surface area contributed by atoms with Crippen molar-refractivity contribution in [1.82, 2.24) is 0 Å². The van der Waals surface area contributed by atoms with Crippen LogP contribution in [-0.2, 0) is 0 Å². The summed E-state index contributed by atoms with van der Waals surface area (Å²) in [4.78, 5) is 0. The van der Waals surface area contributed by atoms with Gasteiger partial charge in [0.25, 0.3) is 0 Å². The molecule has 4 aromatic carbocycles. The van der Waals surface area contributed by atoms with Crippen LogP contribution < -0.4 is 4.74 Å². The van der Waals surface area contributed by atoms with Gasteiger partial charge in [0.15, 0.2) is 0 Å². The van der Waals surface area contributed by atoms with E-state index in [4.69, 9.17) is 4.74 Å². The number of phenols is 1. The first kappa shape index (κ1) is 16.9. The van der Waals surface area contributed by atoms with E-state index < -0.39 is 0 Å². The average molecular weight is 352 g/mol. The highest BCUT2D eigenvalue weighted by Gasteiger charge is 2.13. The summed E-state index contributed by atoms with van der Waals surface area (Å²) in [5, 5.41) is 10.7. The minimum atomic E-state index is 0.238. The summed E-state index contributed by atoms with van der Waals surface area (Å²) in [6.45, 7) is 0. The molecule has 0 unspecified atom stereocenters. The second kappa shape index (κ2) is 7.38. The van der Waals surface area contributed by atoms with Crippen molar-refractivity contribution in [3.05, 3.63) is 97.1 Å². The van der Waals surface area contributed by atoms with Gasteiger partial charge in [-0.15, -0.1) is 0 Å². The standard InChI is InChI=1S/C25H20O2/c1-27-25-17-21(19-10-6-3-7-11-19)13-15-23(25)22-14-12-20(16-24(22)26)18-8-4-2-5-9-18/h2-17,26H,1H3. The molecule has 0 saturated heterocycles. The fraction of sp³-hybridized carbons (Fsp3) is 0.0400. The van der Waals surface area contributed by atoms with Gasteiger partial charge in [-0.05, 0) is 46.5 Å². The summed E-state index contributed by atoms with van der Waals surface area (Å²) < 4.78 is 5.62. The van der Waals surface area contributed by atoms with Crippen LogP contribution in [0.5, 0.6) is 11.5 Å². The molecule has 0 aliphatic heterocycles. The summed E-state index contributed by atoms with van der Waals surface area (Å²) in [5.74, 6) is 0.973. The van der Waals surface area contributed by atoms with E-state index in [0.29, 0.717) is 0 Å². The van der Waals surface area contributed by atoms with Crippen LogP contribution >= 0.6 is 0 Å². The quantitative estimate of drug-likeness (QED) is 0.460. The zero-order valence-electron chi connectivity index (χ0n) is 15.1. The number of phenolic OH excluding ortho intramolecular Hbond substituents is 1. The lowest BCUT2D eigenvalue weighted by Gasteiger charge is -2.13. The van der Waals surface area contributed by atoms with Gasteiger partial charge in [0.05, 0.1) is 7.11 Å². The molecule has 0 aromatic heterocycles. The summed E-state index contributed by atoms with van der Waals surface area (Å²) in [5.41, 5.74) is 5.89. The predicted molar refractivity (Wildman–Crippen MR) is 111 cm³/mol. The molecule has 0 aliphatic carbocycles. The number of aromatic hydroxyl groups is 1. The fourth-order valence-corrected chi connectivity index (χ4v) is 3.29. The molecule has 0 amide bonds. The maximum absolute atomic E-state index is 10.7. The normalized spacial score (nSPS) is 10.6. The highest BCUT2D eigenvalue weighted by atomic mass is 16.5. The van der Waals surface area contributed by atoms with Gasteiger partial charge in [0.2, 0.25) is 0 Å². The third-order valence-electron chi connectivity index (χ3n) is 4.70. The molecule has 0 atom stereocenters. The molecule has 2 heteroatoms. The Labute approximate surface area is 159 Å². The maximum atomic E-state index is 10.7. The Bertz CT molecular complexity index is 1050. The minimum absolute atomic E-state index is 0.238. The molecule has 0 aliphatic rings. The lowest BCUT2D eigenvalue weighted by Crippen LogP contribution is -1.90. The van der Waals surface area contributed by atoms with Gasteiger partial charge in [0, 0.05) is 11.1 Å². The molecule has 0 radical (unpaired) electrons. The van der Waals surface area contributed by atoms with Crippen molar-refractivity contribution >= 4 is 0 Å². The van der Waals surface area contributed by atoms with E-state index in [1.165, 1.54) is 0 Å². The highest BCUT2D eigenvalue weighted by molar-refractivity contribution is 5.81. The molecule has 4 aromatic rings. The summed E-state index contributed by atoms with van der Waals surface area (Å²) in [6.07, 6.45) is 0. The van der Waals surface area contributed by atoms with Crippen LogP contribution in [0.3, 0.4) is 0 Å². The van der Waals surface area contributed by atoms with Gasteiger partial charge in [-0.2, -0.15) is 0 Å².